The molecule has 126 valence electrons. The van der Waals surface area contributed by atoms with Gasteiger partial charge in [0.15, 0.2) is 0 Å². The highest BCUT2D eigenvalue weighted by atomic mass is 16.1. The molecule has 1 heterocycles. The van der Waals surface area contributed by atoms with Crippen LogP contribution in [0.2, 0.25) is 0 Å². The van der Waals surface area contributed by atoms with Crippen LogP contribution in [0.25, 0.3) is 0 Å². The van der Waals surface area contributed by atoms with Crippen molar-refractivity contribution in [3.8, 4) is 0 Å². The zero-order valence-corrected chi connectivity index (χ0v) is 15.1. The van der Waals surface area contributed by atoms with Crippen molar-refractivity contribution in [1.82, 2.24) is 5.32 Å². The van der Waals surface area contributed by atoms with Crippen LogP contribution in [0.4, 0.5) is 0 Å². The molecule has 1 aliphatic carbocycles. The number of nitrogens with one attached hydrogen (secondary N) is 1. The smallest absolute Gasteiger partial charge is 0.146 e. The van der Waals surface area contributed by atoms with Crippen molar-refractivity contribution in [3.05, 3.63) is 0 Å². The van der Waals surface area contributed by atoms with Crippen LogP contribution in [0.5, 0.6) is 0 Å². The van der Waals surface area contributed by atoms with Gasteiger partial charge in [-0.05, 0) is 57.3 Å². The van der Waals surface area contributed by atoms with E-state index < -0.39 is 0 Å². The first-order valence-electron chi connectivity index (χ1n) is 9.10. The van der Waals surface area contributed by atoms with Gasteiger partial charge in [-0.1, -0.05) is 33.6 Å². The molecular formula is C19H34N2O. The first kappa shape index (κ1) is 17.7. The quantitative estimate of drug-likeness (QED) is 0.796. The molecule has 3 heteroatoms. The average molecular weight is 306 g/mol. The van der Waals surface area contributed by atoms with Crippen molar-refractivity contribution in [3.63, 3.8) is 0 Å². The van der Waals surface area contributed by atoms with Crippen LogP contribution in [-0.4, -0.2) is 29.6 Å². The number of Topliss-reactive ketones (excluding diaryl/α,β-unsaturated/α-hetero) is 1. The molecule has 2 aliphatic rings. The normalized spacial score (nSPS) is 34.5. The Balaban J connectivity index is 2.07. The Kier molecular flexibility index (Phi) is 5.81. The number of carbonyl (C=O) groups excluding carboxylic acids is 1. The van der Waals surface area contributed by atoms with Gasteiger partial charge < -0.3 is 0 Å². The van der Waals surface area contributed by atoms with E-state index in [1.54, 1.807) is 6.92 Å². The van der Waals surface area contributed by atoms with Gasteiger partial charge in [0.05, 0.1) is 12.1 Å². The second kappa shape index (κ2) is 7.25. The number of aliphatic imine (C=N–C) groups is 1. The van der Waals surface area contributed by atoms with E-state index in [4.69, 9.17) is 4.99 Å². The second-order valence-electron chi connectivity index (χ2n) is 8.41. The van der Waals surface area contributed by atoms with Gasteiger partial charge in [0.25, 0.3) is 0 Å². The zero-order chi connectivity index (χ0) is 16.3. The molecular weight excluding hydrogens is 272 g/mol. The molecule has 0 bridgehead atoms. The maximum Gasteiger partial charge on any atom is 0.146 e. The van der Waals surface area contributed by atoms with Crippen LogP contribution in [0.1, 0.15) is 79.6 Å². The van der Waals surface area contributed by atoms with E-state index in [0.717, 1.165) is 19.3 Å². The Morgan fingerprint density at radius 2 is 1.59 bits per heavy atom. The number of hydrogen-bond donors (Lipinski definition) is 1. The number of rotatable bonds is 3. The van der Waals surface area contributed by atoms with Crippen LogP contribution in [-0.2, 0) is 4.79 Å². The first-order valence-corrected chi connectivity index (χ1v) is 9.10. The molecule has 1 aliphatic heterocycles. The Bertz CT molecular complexity index is 422. The van der Waals surface area contributed by atoms with E-state index in [0.29, 0.717) is 23.4 Å². The predicted octanol–water partition coefficient (Wildman–Crippen LogP) is 4.15. The fraction of sp³-hybridized carbons (Fsp3) is 0.895. The molecule has 0 spiro atoms. The molecule has 0 aromatic heterocycles. The van der Waals surface area contributed by atoms with Crippen molar-refractivity contribution in [2.24, 2.45) is 16.3 Å². The Morgan fingerprint density at radius 3 is 2.23 bits per heavy atom. The fourth-order valence-electron chi connectivity index (χ4n) is 4.21. The van der Waals surface area contributed by atoms with Gasteiger partial charge in [-0.3, -0.25) is 15.1 Å². The minimum Gasteiger partial charge on any atom is -0.299 e. The predicted molar refractivity (Wildman–Crippen MR) is 93.6 cm³/mol. The molecule has 0 aromatic carbocycles. The molecule has 0 aromatic rings. The molecule has 1 N–H and O–H groups in total. The van der Waals surface area contributed by atoms with Gasteiger partial charge in [0.2, 0.25) is 0 Å². The topological polar surface area (TPSA) is 41.5 Å². The second-order valence-corrected chi connectivity index (χ2v) is 8.41. The van der Waals surface area contributed by atoms with Crippen molar-refractivity contribution >= 4 is 11.5 Å². The Hall–Kier alpha value is -0.700. The van der Waals surface area contributed by atoms with Crippen molar-refractivity contribution in [2.75, 3.05) is 0 Å². The number of ketones is 1. The summed E-state index contributed by atoms with van der Waals surface area (Å²) in [5.74, 6) is 0.950. The summed E-state index contributed by atoms with van der Waals surface area (Å²) in [5, 5.41) is 3.52. The number of hydrogen-bond acceptors (Lipinski definition) is 3. The van der Waals surface area contributed by atoms with E-state index in [1.807, 2.05) is 0 Å². The third-order valence-electron chi connectivity index (χ3n) is 5.59. The Labute approximate surface area is 136 Å². The number of carbonyl (C=O) groups is 1. The van der Waals surface area contributed by atoms with Crippen LogP contribution in [0, 0.1) is 11.3 Å². The summed E-state index contributed by atoms with van der Waals surface area (Å²) in [7, 11) is 0. The SMILES string of the molecule is CC(=O)C1CCCC(/C(C)=N/C2CCCCC2C(C)(C)C)N1. The fourth-order valence-corrected chi connectivity index (χ4v) is 4.21. The maximum absolute atomic E-state index is 11.6. The lowest BCUT2D eigenvalue weighted by atomic mass is 9.69. The molecule has 4 atom stereocenters. The van der Waals surface area contributed by atoms with Gasteiger partial charge in [-0.2, -0.15) is 0 Å². The van der Waals surface area contributed by atoms with Crippen molar-refractivity contribution in [1.29, 1.82) is 0 Å². The highest BCUT2D eigenvalue weighted by molar-refractivity contribution is 5.89. The molecule has 2 fully saturated rings. The highest BCUT2D eigenvalue weighted by Crippen LogP contribution is 2.39. The molecule has 4 unspecified atom stereocenters. The summed E-state index contributed by atoms with van der Waals surface area (Å²) in [6.45, 7) is 10.9. The molecule has 0 amide bonds. The van der Waals surface area contributed by atoms with E-state index in [9.17, 15) is 4.79 Å². The third-order valence-corrected chi connectivity index (χ3v) is 5.59. The summed E-state index contributed by atoms with van der Waals surface area (Å²) in [6.07, 6.45) is 8.41. The van der Waals surface area contributed by atoms with E-state index in [1.165, 1.54) is 31.4 Å². The minimum absolute atomic E-state index is 0.0358. The lowest BCUT2D eigenvalue weighted by Gasteiger charge is -2.39. The van der Waals surface area contributed by atoms with Crippen molar-refractivity contribution in [2.45, 2.75) is 97.7 Å². The third kappa shape index (κ3) is 4.41. The molecule has 1 saturated carbocycles. The first-order chi connectivity index (χ1) is 10.3. The van der Waals surface area contributed by atoms with Crippen LogP contribution in [0.15, 0.2) is 4.99 Å². The van der Waals surface area contributed by atoms with Gasteiger partial charge in [-0.15, -0.1) is 0 Å². The highest BCUT2D eigenvalue weighted by Gasteiger charge is 2.34. The van der Waals surface area contributed by atoms with Crippen LogP contribution in [0.3, 0.4) is 0 Å². The molecule has 0 radical (unpaired) electrons. The van der Waals surface area contributed by atoms with Gasteiger partial charge >= 0.3 is 0 Å². The monoisotopic (exact) mass is 306 g/mol. The number of piperidine rings is 1. The van der Waals surface area contributed by atoms with Gasteiger partial charge in [0.1, 0.15) is 5.78 Å². The van der Waals surface area contributed by atoms with Crippen molar-refractivity contribution < 1.29 is 4.79 Å². The summed E-state index contributed by atoms with van der Waals surface area (Å²) < 4.78 is 0. The summed E-state index contributed by atoms with van der Waals surface area (Å²) in [4.78, 5) is 16.8. The molecule has 22 heavy (non-hydrogen) atoms. The summed E-state index contributed by atoms with van der Waals surface area (Å²) in [6, 6.07) is 0.798. The van der Waals surface area contributed by atoms with Gasteiger partial charge in [-0.25, -0.2) is 0 Å². The minimum atomic E-state index is 0.0358. The molecule has 2 rings (SSSR count). The largest absolute Gasteiger partial charge is 0.299 e. The summed E-state index contributed by atoms with van der Waals surface area (Å²) >= 11 is 0. The average Bonchev–Trinajstić information content (AvgIpc) is 2.46. The maximum atomic E-state index is 11.6. The molecule has 3 nitrogen and oxygen atoms in total. The van der Waals surface area contributed by atoms with E-state index >= 15 is 0 Å². The van der Waals surface area contributed by atoms with E-state index in [-0.39, 0.29) is 11.8 Å². The van der Waals surface area contributed by atoms with E-state index in [2.05, 4.69) is 33.0 Å². The molecule has 1 saturated heterocycles. The number of nitrogens with zero attached hydrogens (tertiary/aromatic N) is 1. The lowest BCUT2D eigenvalue weighted by molar-refractivity contribution is -0.119. The Morgan fingerprint density at radius 1 is 0.955 bits per heavy atom. The zero-order valence-electron chi connectivity index (χ0n) is 15.1. The summed E-state index contributed by atoms with van der Waals surface area (Å²) in [5.41, 5.74) is 1.55. The van der Waals surface area contributed by atoms with Crippen LogP contribution >= 0.6 is 0 Å². The van der Waals surface area contributed by atoms with Crippen LogP contribution < -0.4 is 5.32 Å². The standard InChI is InChI=1S/C19H34N2O/c1-13(16-11-8-12-17(21-16)14(2)22)20-18-10-7-6-9-15(18)19(3,4)5/h15-18,21H,6-12H2,1-5H3/b20-13+. The van der Waals surface area contributed by atoms with Gasteiger partial charge in [0, 0.05) is 11.8 Å². The lowest BCUT2D eigenvalue weighted by Crippen LogP contribution is -2.49.